The van der Waals surface area contributed by atoms with Crippen molar-refractivity contribution in [2.24, 2.45) is 40.4 Å². The van der Waals surface area contributed by atoms with E-state index in [2.05, 4.69) is 33.8 Å². The first-order valence-electron chi connectivity index (χ1n) is 13.4. The molecule has 0 heterocycles. The summed E-state index contributed by atoms with van der Waals surface area (Å²) in [6.45, 7) is 14.0. The van der Waals surface area contributed by atoms with E-state index in [9.17, 15) is 5.11 Å². The summed E-state index contributed by atoms with van der Waals surface area (Å²) < 4.78 is 6.07. The Hall–Kier alpha value is -0.340. The molecule has 0 unspecified atom stereocenters. The Morgan fingerprint density at radius 3 is 2.52 bits per heavy atom. The highest BCUT2D eigenvalue weighted by Gasteiger charge is 2.60. The maximum Gasteiger partial charge on any atom is 0.0713 e. The van der Waals surface area contributed by atoms with E-state index in [0.29, 0.717) is 10.8 Å². The summed E-state index contributed by atoms with van der Waals surface area (Å²) in [6, 6.07) is 0. The van der Waals surface area contributed by atoms with Crippen molar-refractivity contribution in [2.75, 3.05) is 7.11 Å². The van der Waals surface area contributed by atoms with Crippen molar-refractivity contribution in [3.8, 4) is 0 Å². The van der Waals surface area contributed by atoms with Gasteiger partial charge in [0.25, 0.3) is 0 Å². The highest BCUT2D eigenvalue weighted by Crippen LogP contribution is 2.68. The van der Waals surface area contributed by atoms with Crippen LogP contribution < -0.4 is 0 Å². The van der Waals surface area contributed by atoms with Gasteiger partial charge in [-0.3, -0.25) is 0 Å². The Labute approximate surface area is 192 Å². The van der Waals surface area contributed by atoms with Crippen molar-refractivity contribution in [3.05, 3.63) is 11.6 Å². The number of allylic oxidation sites excluding steroid dienone is 1. The molecule has 1 N–H and O–H groups in total. The molecule has 31 heavy (non-hydrogen) atoms. The summed E-state index contributed by atoms with van der Waals surface area (Å²) in [4.78, 5) is 0. The van der Waals surface area contributed by atoms with Gasteiger partial charge in [-0.2, -0.15) is 0 Å². The van der Waals surface area contributed by atoms with Gasteiger partial charge in [0.1, 0.15) is 0 Å². The molecule has 3 saturated carbocycles. The predicted octanol–water partition coefficient (Wildman–Crippen LogP) is 7.55. The molecule has 0 aliphatic heterocycles. The minimum absolute atomic E-state index is 0.0930. The topological polar surface area (TPSA) is 29.5 Å². The van der Waals surface area contributed by atoms with Gasteiger partial charge >= 0.3 is 0 Å². The maximum atomic E-state index is 10.3. The van der Waals surface area contributed by atoms with E-state index in [-0.39, 0.29) is 5.60 Å². The summed E-state index contributed by atoms with van der Waals surface area (Å²) in [5, 5.41) is 10.3. The number of rotatable bonds is 6. The molecule has 0 aromatic heterocycles. The monoisotopic (exact) mass is 430 g/mol. The van der Waals surface area contributed by atoms with Gasteiger partial charge in [0.2, 0.25) is 0 Å². The quantitative estimate of drug-likeness (QED) is 0.441. The van der Waals surface area contributed by atoms with Crippen LogP contribution >= 0.6 is 0 Å². The molecular weight excluding hydrogens is 380 g/mol. The van der Waals surface area contributed by atoms with E-state index >= 15 is 0 Å². The average molecular weight is 431 g/mol. The van der Waals surface area contributed by atoms with Gasteiger partial charge in [-0.15, -0.1) is 0 Å². The second-order valence-corrected chi connectivity index (χ2v) is 13.2. The minimum Gasteiger partial charge on any atom is -0.390 e. The molecule has 0 amide bonds. The van der Waals surface area contributed by atoms with E-state index in [4.69, 9.17) is 4.74 Å². The molecule has 0 spiro atoms. The zero-order chi connectivity index (χ0) is 22.7. The highest BCUT2D eigenvalue weighted by atomic mass is 16.5. The first-order chi connectivity index (χ1) is 14.5. The summed E-state index contributed by atoms with van der Waals surface area (Å²) in [6.07, 6.45) is 16.6. The number of aliphatic hydroxyl groups is 1. The van der Waals surface area contributed by atoms with Crippen molar-refractivity contribution in [1.82, 2.24) is 0 Å². The lowest BCUT2D eigenvalue weighted by atomic mass is 9.46. The third-order valence-corrected chi connectivity index (χ3v) is 11.3. The number of hydrogen-bond acceptors (Lipinski definition) is 2. The molecule has 4 aliphatic carbocycles. The fraction of sp³-hybridized carbons (Fsp3) is 0.931. The largest absolute Gasteiger partial charge is 0.390 e. The molecule has 0 saturated heterocycles. The van der Waals surface area contributed by atoms with Crippen LogP contribution in [0.3, 0.4) is 0 Å². The third kappa shape index (κ3) is 3.96. The van der Waals surface area contributed by atoms with Crippen LogP contribution in [0.4, 0.5) is 0 Å². The zero-order valence-corrected chi connectivity index (χ0v) is 21.6. The van der Waals surface area contributed by atoms with Crippen LogP contribution in [0.15, 0.2) is 11.6 Å². The summed E-state index contributed by atoms with van der Waals surface area (Å²) in [5.74, 6) is 4.23. The summed E-state index contributed by atoms with van der Waals surface area (Å²) in [7, 11) is 1.93. The van der Waals surface area contributed by atoms with Crippen LogP contribution in [0.5, 0.6) is 0 Å². The van der Waals surface area contributed by atoms with Crippen LogP contribution in [0.2, 0.25) is 0 Å². The Balaban J connectivity index is 1.52. The molecule has 4 aliphatic rings. The van der Waals surface area contributed by atoms with Gasteiger partial charge in [0.15, 0.2) is 0 Å². The van der Waals surface area contributed by atoms with Crippen molar-refractivity contribution < 1.29 is 9.84 Å². The first-order valence-corrected chi connectivity index (χ1v) is 13.4. The summed E-state index contributed by atoms with van der Waals surface area (Å²) in [5.41, 5.74) is 2.22. The van der Waals surface area contributed by atoms with Crippen molar-refractivity contribution >= 4 is 0 Å². The molecule has 3 fully saturated rings. The summed E-state index contributed by atoms with van der Waals surface area (Å²) >= 11 is 0. The van der Waals surface area contributed by atoms with Gasteiger partial charge in [-0.05, 0) is 125 Å². The Bertz CT molecular complexity index is 683. The number of hydrogen-bond donors (Lipinski definition) is 1. The molecule has 178 valence electrons. The van der Waals surface area contributed by atoms with Gasteiger partial charge in [0, 0.05) is 7.11 Å². The van der Waals surface area contributed by atoms with E-state index in [0.717, 1.165) is 48.9 Å². The lowest BCUT2D eigenvalue weighted by molar-refractivity contribution is -0.0883. The first kappa shape index (κ1) is 23.8. The van der Waals surface area contributed by atoms with Crippen LogP contribution in [0, 0.1) is 40.4 Å². The van der Waals surface area contributed by atoms with Crippen LogP contribution in [-0.2, 0) is 4.74 Å². The standard InChI is InChI=1S/C29H50O2/c1-8-29(31-7)18-17-27(5)21(19-29)9-10-22-24-12-11-23(20(2)13-15-26(3,4)30)28(24,6)16-14-25(22)27/h9,20,22-25,30H,8,10-19H2,1-7H3/t20-,22+,23-,24+,25+,27+,28-,29+/m1/s1. The molecule has 4 rings (SSSR count). The molecule has 0 aromatic carbocycles. The SMILES string of the molecule is CC[C@]1(OC)CC[C@@]2(C)C(=CC[C@H]3[C@@H]4CC[C@H]([C@H](C)CCC(C)(C)O)[C@@]4(C)CC[C@@H]32)C1. The van der Waals surface area contributed by atoms with E-state index in [1.165, 1.54) is 51.4 Å². The smallest absolute Gasteiger partial charge is 0.0713 e. The highest BCUT2D eigenvalue weighted by molar-refractivity contribution is 5.27. The Morgan fingerprint density at radius 2 is 1.87 bits per heavy atom. The molecule has 0 bridgehead atoms. The zero-order valence-electron chi connectivity index (χ0n) is 21.6. The minimum atomic E-state index is -0.527. The van der Waals surface area contributed by atoms with Crippen molar-refractivity contribution in [2.45, 2.75) is 123 Å². The van der Waals surface area contributed by atoms with E-state index < -0.39 is 5.60 Å². The lowest BCUT2D eigenvalue weighted by Crippen LogP contribution is -2.52. The maximum absolute atomic E-state index is 10.3. The predicted molar refractivity (Wildman–Crippen MR) is 130 cm³/mol. The fourth-order valence-electron chi connectivity index (χ4n) is 9.08. The third-order valence-electron chi connectivity index (χ3n) is 11.3. The molecule has 8 atom stereocenters. The van der Waals surface area contributed by atoms with Crippen LogP contribution in [0.25, 0.3) is 0 Å². The van der Waals surface area contributed by atoms with Crippen LogP contribution in [-0.4, -0.2) is 23.4 Å². The molecule has 2 nitrogen and oxygen atoms in total. The Kier molecular flexibility index (Phi) is 6.26. The molecule has 2 heteroatoms. The van der Waals surface area contributed by atoms with Crippen molar-refractivity contribution in [3.63, 3.8) is 0 Å². The second kappa shape index (κ2) is 8.15. The van der Waals surface area contributed by atoms with Gasteiger partial charge in [-0.25, -0.2) is 0 Å². The second-order valence-electron chi connectivity index (χ2n) is 13.2. The van der Waals surface area contributed by atoms with E-state index in [1.54, 1.807) is 5.57 Å². The molecule has 0 radical (unpaired) electrons. The lowest BCUT2D eigenvalue weighted by Gasteiger charge is -2.59. The van der Waals surface area contributed by atoms with Crippen LogP contribution in [0.1, 0.15) is 112 Å². The van der Waals surface area contributed by atoms with Gasteiger partial charge in [0.05, 0.1) is 11.2 Å². The van der Waals surface area contributed by atoms with Gasteiger partial charge in [-0.1, -0.05) is 39.3 Å². The average Bonchev–Trinajstić information content (AvgIpc) is 3.08. The number of fused-ring (bicyclic) bond motifs is 5. The molecular formula is C29H50O2. The fourth-order valence-corrected chi connectivity index (χ4v) is 9.08. The Morgan fingerprint density at radius 1 is 1.13 bits per heavy atom. The normalized spacial score (nSPS) is 46.0. The van der Waals surface area contributed by atoms with Crippen molar-refractivity contribution in [1.29, 1.82) is 0 Å². The number of methoxy groups -OCH3 is 1. The van der Waals surface area contributed by atoms with Gasteiger partial charge < -0.3 is 9.84 Å². The molecule has 0 aromatic rings. The van der Waals surface area contributed by atoms with E-state index in [1.807, 2.05) is 21.0 Å². The number of ether oxygens (including phenoxy) is 1.